The van der Waals surface area contributed by atoms with Crippen molar-refractivity contribution >= 4 is 0 Å². The zero-order valence-corrected chi connectivity index (χ0v) is 10.7. The van der Waals surface area contributed by atoms with E-state index in [2.05, 4.69) is 11.8 Å². The summed E-state index contributed by atoms with van der Waals surface area (Å²) in [4.78, 5) is 2.60. The lowest BCUT2D eigenvalue weighted by Gasteiger charge is -2.29. The fourth-order valence-electron chi connectivity index (χ4n) is 3.54. The molecular weight excluding hydrogens is 200 g/mol. The van der Waals surface area contributed by atoms with Gasteiger partial charge < -0.3 is 15.4 Å². The lowest BCUT2D eigenvalue weighted by atomic mass is 9.78. The molecule has 2 aliphatic rings. The minimum absolute atomic E-state index is 0.460. The predicted molar refractivity (Wildman–Crippen MR) is 66.3 cm³/mol. The smallest absolute Gasteiger partial charge is 0.0500 e. The first kappa shape index (κ1) is 12.3. The first-order valence-corrected chi connectivity index (χ1v) is 6.67. The number of likely N-dealkylation sites (tertiary alicyclic amines) is 1. The monoisotopic (exact) mass is 226 g/mol. The van der Waals surface area contributed by atoms with E-state index in [1.54, 1.807) is 7.11 Å². The number of methoxy groups -OCH3 is 1. The third kappa shape index (κ3) is 2.76. The molecule has 0 aromatic rings. The summed E-state index contributed by atoms with van der Waals surface area (Å²) in [5, 5.41) is 0. The third-order valence-corrected chi connectivity index (χ3v) is 4.25. The van der Waals surface area contributed by atoms with Crippen molar-refractivity contribution < 1.29 is 4.74 Å². The molecule has 1 aliphatic heterocycles. The first-order chi connectivity index (χ1) is 7.70. The van der Waals surface area contributed by atoms with Crippen molar-refractivity contribution in [1.29, 1.82) is 0 Å². The molecule has 2 N–H and O–H groups in total. The van der Waals surface area contributed by atoms with Crippen LogP contribution in [0.5, 0.6) is 0 Å². The summed E-state index contributed by atoms with van der Waals surface area (Å²) < 4.78 is 5.20. The standard InChI is InChI=1S/C13H26N2O/c1-10(9-16-2)6-15-7-11-4-3-5-13(14)12(11)8-15/h10-13H,3-9,14H2,1-2H3. The maximum absolute atomic E-state index is 6.22. The summed E-state index contributed by atoms with van der Waals surface area (Å²) in [7, 11) is 1.79. The van der Waals surface area contributed by atoms with Crippen molar-refractivity contribution in [2.45, 2.75) is 32.2 Å². The SMILES string of the molecule is COCC(C)CN1CC2CCCC(N)C2C1. The minimum Gasteiger partial charge on any atom is -0.384 e. The molecule has 0 aromatic carbocycles. The molecule has 1 saturated heterocycles. The summed E-state index contributed by atoms with van der Waals surface area (Å²) in [5.41, 5.74) is 6.22. The zero-order valence-electron chi connectivity index (χ0n) is 10.7. The minimum atomic E-state index is 0.460. The fraction of sp³-hybridized carbons (Fsp3) is 1.00. The fourth-order valence-corrected chi connectivity index (χ4v) is 3.54. The molecule has 1 heterocycles. The van der Waals surface area contributed by atoms with Crippen molar-refractivity contribution in [3.8, 4) is 0 Å². The quantitative estimate of drug-likeness (QED) is 0.786. The second-order valence-corrected chi connectivity index (χ2v) is 5.80. The van der Waals surface area contributed by atoms with Crippen LogP contribution >= 0.6 is 0 Å². The molecule has 3 heteroatoms. The number of hydrogen-bond donors (Lipinski definition) is 1. The van der Waals surface area contributed by atoms with E-state index in [1.165, 1.54) is 38.9 Å². The van der Waals surface area contributed by atoms with Gasteiger partial charge in [0.1, 0.15) is 0 Å². The van der Waals surface area contributed by atoms with E-state index in [9.17, 15) is 0 Å². The normalized spacial score (nSPS) is 37.3. The van der Waals surface area contributed by atoms with Crippen molar-refractivity contribution in [2.24, 2.45) is 23.5 Å². The molecular formula is C13H26N2O. The lowest BCUT2D eigenvalue weighted by molar-refractivity contribution is 0.135. The van der Waals surface area contributed by atoms with Gasteiger partial charge in [-0.25, -0.2) is 0 Å². The van der Waals surface area contributed by atoms with E-state index >= 15 is 0 Å². The first-order valence-electron chi connectivity index (χ1n) is 6.67. The number of rotatable bonds is 4. The van der Waals surface area contributed by atoms with E-state index in [1.807, 2.05) is 0 Å². The zero-order chi connectivity index (χ0) is 11.5. The van der Waals surface area contributed by atoms with Crippen molar-refractivity contribution in [2.75, 3.05) is 33.4 Å². The number of nitrogens with two attached hydrogens (primary N) is 1. The summed E-state index contributed by atoms with van der Waals surface area (Å²) in [6.07, 6.45) is 3.97. The summed E-state index contributed by atoms with van der Waals surface area (Å²) in [6, 6.07) is 0.460. The van der Waals surface area contributed by atoms with Crippen LogP contribution in [0.25, 0.3) is 0 Å². The number of ether oxygens (including phenoxy) is 1. The Hall–Kier alpha value is -0.120. The molecule has 1 saturated carbocycles. The van der Waals surface area contributed by atoms with Crippen LogP contribution in [0.2, 0.25) is 0 Å². The van der Waals surface area contributed by atoms with Crippen LogP contribution in [-0.2, 0) is 4.74 Å². The number of nitrogens with zero attached hydrogens (tertiary/aromatic N) is 1. The van der Waals surface area contributed by atoms with Gasteiger partial charge in [0.15, 0.2) is 0 Å². The highest BCUT2D eigenvalue weighted by atomic mass is 16.5. The average Bonchev–Trinajstić information content (AvgIpc) is 2.62. The second kappa shape index (κ2) is 5.48. The van der Waals surface area contributed by atoms with Gasteiger partial charge in [0, 0.05) is 39.4 Å². The molecule has 94 valence electrons. The van der Waals surface area contributed by atoms with Gasteiger partial charge in [-0.1, -0.05) is 13.3 Å². The van der Waals surface area contributed by atoms with Crippen molar-refractivity contribution in [3.63, 3.8) is 0 Å². The van der Waals surface area contributed by atoms with Gasteiger partial charge in [-0.15, -0.1) is 0 Å². The molecule has 0 spiro atoms. The number of fused-ring (bicyclic) bond motifs is 1. The lowest BCUT2D eigenvalue weighted by Crippen LogP contribution is -2.38. The Kier molecular flexibility index (Phi) is 4.22. The van der Waals surface area contributed by atoms with Gasteiger partial charge in [-0.2, -0.15) is 0 Å². The highest BCUT2D eigenvalue weighted by Gasteiger charge is 2.38. The maximum atomic E-state index is 6.22. The second-order valence-electron chi connectivity index (χ2n) is 5.80. The van der Waals surface area contributed by atoms with Gasteiger partial charge in [-0.3, -0.25) is 0 Å². The molecule has 4 unspecified atom stereocenters. The molecule has 0 aromatic heterocycles. The average molecular weight is 226 g/mol. The Labute approximate surface area is 99.3 Å². The Morgan fingerprint density at radius 1 is 1.38 bits per heavy atom. The van der Waals surface area contributed by atoms with E-state index in [4.69, 9.17) is 10.5 Å². The maximum Gasteiger partial charge on any atom is 0.0500 e. The van der Waals surface area contributed by atoms with Crippen LogP contribution in [0, 0.1) is 17.8 Å². The highest BCUT2D eigenvalue weighted by Crippen LogP contribution is 2.35. The Bertz CT molecular complexity index is 222. The largest absolute Gasteiger partial charge is 0.384 e. The predicted octanol–water partition coefficient (Wildman–Crippen LogP) is 1.33. The van der Waals surface area contributed by atoms with Gasteiger partial charge in [0.05, 0.1) is 0 Å². The van der Waals surface area contributed by atoms with Crippen molar-refractivity contribution in [3.05, 3.63) is 0 Å². The summed E-state index contributed by atoms with van der Waals surface area (Å²) >= 11 is 0. The Morgan fingerprint density at radius 2 is 2.19 bits per heavy atom. The molecule has 0 amide bonds. The topological polar surface area (TPSA) is 38.5 Å². The highest BCUT2D eigenvalue weighted by molar-refractivity contribution is 4.93. The Morgan fingerprint density at radius 3 is 2.88 bits per heavy atom. The Balaban J connectivity index is 1.82. The van der Waals surface area contributed by atoms with Crippen LogP contribution in [0.1, 0.15) is 26.2 Å². The van der Waals surface area contributed by atoms with E-state index in [-0.39, 0.29) is 0 Å². The van der Waals surface area contributed by atoms with E-state index < -0.39 is 0 Å². The van der Waals surface area contributed by atoms with Gasteiger partial charge in [0.2, 0.25) is 0 Å². The molecule has 0 radical (unpaired) electrons. The molecule has 2 rings (SSSR count). The number of hydrogen-bond acceptors (Lipinski definition) is 3. The summed E-state index contributed by atoms with van der Waals surface area (Å²) in [5.74, 6) is 2.28. The summed E-state index contributed by atoms with van der Waals surface area (Å²) in [6.45, 7) is 6.81. The molecule has 16 heavy (non-hydrogen) atoms. The molecule has 4 atom stereocenters. The molecule has 2 fully saturated rings. The van der Waals surface area contributed by atoms with E-state index in [0.717, 1.165) is 18.4 Å². The third-order valence-electron chi connectivity index (χ3n) is 4.25. The van der Waals surface area contributed by atoms with Crippen LogP contribution in [0.15, 0.2) is 0 Å². The molecule has 3 nitrogen and oxygen atoms in total. The van der Waals surface area contributed by atoms with E-state index in [0.29, 0.717) is 12.0 Å². The van der Waals surface area contributed by atoms with Gasteiger partial charge >= 0.3 is 0 Å². The van der Waals surface area contributed by atoms with Crippen LogP contribution in [-0.4, -0.2) is 44.3 Å². The van der Waals surface area contributed by atoms with Crippen LogP contribution < -0.4 is 5.73 Å². The molecule has 0 bridgehead atoms. The van der Waals surface area contributed by atoms with Crippen LogP contribution in [0.4, 0.5) is 0 Å². The van der Waals surface area contributed by atoms with Gasteiger partial charge in [0.25, 0.3) is 0 Å². The van der Waals surface area contributed by atoms with Crippen molar-refractivity contribution in [1.82, 2.24) is 4.90 Å². The van der Waals surface area contributed by atoms with Gasteiger partial charge in [-0.05, 0) is 30.6 Å². The molecule has 1 aliphatic carbocycles. The van der Waals surface area contributed by atoms with Crippen LogP contribution in [0.3, 0.4) is 0 Å².